The Kier molecular flexibility index (Phi) is 6.22. The second-order valence-electron chi connectivity index (χ2n) is 15.6. The zero-order valence-corrected chi connectivity index (χ0v) is 32.0. The van der Waals surface area contributed by atoms with Gasteiger partial charge in [0.2, 0.25) is 0 Å². The van der Waals surface area contributed by atoms with Gasteiger partial charge in [-0.25, -0.2) is 0 Å². The summed E-state index contributed by atoms with van der Waals surface area (Å²) in [5, 5.41) is 10.8. The Balaban J connectivity index is 1.22. The van der Waals surface area contributed by atoms with Gasteiger partial charge in [0, 0.05) is 38.4 Å². The molecule has 0 N–H and O–H groups in total. The Morgan fingerprint density at radius 2 is 0.702 bits per heavy atom. The van der Waals surface area contributed by atoms with E-state index in [1.54, 1.807) is 0 Å². The molecule has 0 radical (unpaired) electrons. The zero-order chi connectivity index (χ0) is 37.2. The summed E-state index contributed by atoms with van der Waals surface area (Å²) < 4.78 is 5.00. The molecule has 0 fully saturated rings. The molecule has 2 aliphatic rings. The first-order chi connectivity index (χ1) is 28.3. The van der Waals surface area contributed by atoms with Crippen LogP contribution >= 0.6 is 0 Å². The van der Waals surface area contributed by atoms with Crippen LogP contribution in [0.4, 0.5) is 0 Å². The fraction of sp³-hybridized carbons (Fsp3) is 0. The molecular weight excluding hydrogens is 705 g/mol. The Hall–Kier alpha value is -7.20. The van der Waals surface area contributed by atoms with Gasteiger partial charge in [0.15, 0.2) is 8.07 Å². The molecule has 1 spiro atoms. The molecule has 0 unspecified atom stereocenters. The van der Waals surface area contributed by atoms with Crippen molar-refractivity contribution in [3.63, 3.8) is 0 Å². The number of para-hydroxylation sites is 4. The van der Waals surface area contributed by atoms with E-state index in [1.807, 2.05) is 0 Å². The van der Waals surface area contributed by atoms with E-state index in [1.165, 1.54) is 109 Å². The molecule has 4 heterocycles. The summed E-state index contributed by atoms with van der Waals surface area (Å²) in [5.41, 5.74) is 15.1. The van der Waals surface area contributed by atoms with Crippen molar-refractivity contribution in [2.75, 3.05) is 0 Å². The summed E-state index contributed by atoms with van der Waals surface area (Å²) in [6.45, 7) is 0. The van der Waals surface area contributed by atoms with Crippen molar-refractivity contribution in [2.45, 2.75) is 0 Å². The topological polar surface area (TPSA) is 9.86 Å². The Labute approximate surface area is 331 Å². The molecule has 2 aliphatic heterocycles. The van der Waals surface area contributed by atoms with Crippen molar-refractivity contribution in [3.05, 3.63) is 206 Å². The van der Waals surface area contributed by atoms with E-state index >= 15 is 0 Å². The number of aromatic nitrogens is 2. The largest absolute Gasteiger partial charge is 0.309 e. The number of hydrogen-bond acceptors (Lipinski definition) is 0. The second kappa shape index (κ2) is 11.4. The molecule has 0 bridgehead atoms. The fourth-order valence-electron chi connectivity index (χ4n) is 10.8. The van der Waals surface area contributed by atoms with Crippen LogP contribution in [-0.2, 0) is 0 Å². The van der Waals surface area contributed by atoms with Gasteiger partial charge in [-0.3, -0.25) is 0 Å². The Morgan fingerprint density at radius 1 is 0.281 bits per heavy atom. The van der Waals surface area contributed by atoms with E-state index in [2.05, 4.69) is 215 Å². The van der Waals surface area contributed by atoms with Gasteiger partial charge in [0.05, 0.1) is 27.8 Å². The molecule has 3 heteroatoms. The van der Waals surface area contributed by atoms with Crippen LogP contribution in [0.25, 0.3) is 88.4 Å². The van der Waals surface area contributed by atoms with E-state index < -0.39 is 8.07 Å². The third kappa shape index (κ3) is 3.93. The van der Waals surface area contributed by atoms with Crippen molar-refractivity contribution in [3.8, 4) is 44.8 Å². The molecule has 9 aromatic carbocycles. The normalized spacial score (nSPS) is 13.4. The molecule has 0 aliphatic carbocycles. The third-order valence-electron chi connectivity index (χ3n) is 12.9. The van der Waals surface area contributed by atoms with Gasteiger partial charge in [-0.15, -0.1) is 0 Å². The van der Waals surface area contributed by atoms with Crippen molar-refractivity contribution in [1.82, 2.24) is 9.13 Å². The predicted octanol–water partition coefficient (Wildman–Crippen LogP) is 10.9. The molecule has 264 valence electrons. The number of rotatable bonds is 1. The van der Waals surface area contributed by atoms with E-state index in [0.717, 1.165) is 0 Å². The van der Waals surface area contributed by atoms with Crippen molar-refractivity contribution >= 4 is 72.4 Å². The van der Waals surface area contributed by atoms with Gasteiger partial charge in [0.1, 0.15) is 0 Å². The highest BCUT2D eigenvalue weighted by atomic mass is 28.3. The van der Waals surface area contributed by atoms with Gasteiger partial charge in [-0.2, -0.15) is 0 Å². The lowest BCUT2D eigenvalue weighted by molar-refractivity contribution is 1.17. The maximum Gasteiger partial charge on any atom is 0.182 e. The van der Waals surface area contributed by atoms with Crippen LogP contribution in [0.15, 0.2) is 206 Å². The van der Waals surface area contributed by atoms with Crippen molar-refractivity contribution in [1.29, 1.82) is 0 Å². The van der Waals surface area contributed by atoms with Gasteiger partial charge in [0.25, 0.3) is 0 Å². The zero-order valence-electron chi connectivity index (χ0n) is 31.0. The highest BCUT2D eigenvalue weighted by Gasteiger charge is 2.51. The molecule has 0 saturated heterocycles. The molecule has 0 atom stereocenters. The molecule has 2 aromatic heterocycles. The van der Waals surface area contributed by atoms with Gasteiger partial charge < -0.3 is 9.13 Å². The molecule has 57 heavy (non-hydrogen) atoms. The maximum atomic E-state index is 2.56. The summed E-state index contributed by atoms with van der Waals surface area (Å²) in [7, 11) is -2.89. The number of hydrogen-bond donors (Lipinski definition) is 0. The predicted molar refractivity (Wildman–Crippen MR) is 242 cm³/mol. The minimum Gasteiger partial charge on any atom is -0.309 e. The van der Waals surface area contributed by atoms with Gasteiger partial charge in [-0.05, 0) is 79.4 Å². The highest BCUT2D eigenvalue weighted by Crippen LogP contribution is 2.44. The van der Waals surface area contributed by atoms with Gasteiger partial charge in [-0.1, -0.05) is 170 Å². The van der Waals surface area contributed by atoms with Crippen LogP contribution in [0.5, 0.6) is 0 Å². The standard InChI is InChI=1S/C54H34N2Si/c1-8-25-46-36(16-1)37-17-2-9-26-47(37)55(46)35-32-33-49-45(34-35)44-24-15-23-43-42-22-7-14-31-53(42)57(51-29-12-5-20-40(51)41-21-6-13-30-52(41)57)50-28-11-4-19-39(50)38-18-3-10-27-48(38)56(49)54(43)44/h1-34H. The SMILES string of the molecule is c1ccc2c(c1)-c1ccccc1[Si]1(c3ccccc3-c3ccccc31)c1ccccc1-c1cccc3c4cc(-n5c6ccccc6c6ccccc65)ccc4n-2c13. The quantitative estimate of drug-likeness (QED) is 0.148. The van der Waals surface area contributed by atoms with E-state index in [0.29, 0.717) is 0 Å². The van der Waals surface area contributed by atoms with Crippen molar-refractivity contribution in [2.24, 2.45) is 0 Å². The van der Waals surface area contributed by atoms with Crippen LogP contribution < -0.4 is 20.7 Å². The lowest BCUT2D eigenvalue weighted by atomic mass is 10.0. The van der Waals surface area contributed by atoms with Crippen LogP contribution in [0.3, 0.4) is 0 Å². The summed E-state index contributed by atoms with van der Waals surface area (Å²) in [4.78, 5) is 0. The minimum absolute atomic E-state index is 1.17. The molecule has 0 saturated carbocycles. The van der Waals surface area contributed by atoms with Crippen LogP contribution in [-0.4, -0.2) is 17.2 Å². The fourth-order valence-corrected chi connectivity index (χ4v) is 16.4. The second-order valence-corrected chi connectivity index (χ2v) is 19.2. The number of benzene rings is 9. The first-order valence-corrected chi connectivity index (χ1v) is 21.9. The smallest absolute Gasteiger partial charge is 0.182 e. The molecule has 11 aromatic rings. The summed E-state index contributed by atoms with van der Waals surface area (Å²) >= 11 is 0. The van der Waals surface area contributed by atoms with Gasteiger partial charge >= 0.3 is 0 Å². The van der Waals surface area contributed by atoms with E-state index in [9.17, 15) is 0 Å². The van der Waals surface area contributed by atoms with Crippen molar-refractivity contribution < 1.29 is 0 Å². The monoisotopic (exact) mass is 738 g/mol. The minimum atomic E-state index is -2.89. The summed E-state index contributed by atoms with van der Waals surface area (Å²) in [5.74, 6) is 0. The third-order valence-corrected chi connectivity index (χ3v) is 17.9. The lowest BCUT2D eigenvalue weighted by Crippen LogP contribution is -2.73. The number of fused-ring (bicyclic) bond motifs is 19. The Bertz CT molecular complexity index is 3390. The van der Waals surface area contributed by atoms with E-state index in [-0.39, 0.29) is 0 Å². The molecular formula is C54H34N2Si. The average Bonchev–Trinajstić information content (AvgIpc) is 3.90. The van der Waals surface area contributed by atoms with Crippen LogP contribution in [0, 0.1) is 0 Å². The Morgan fingerprint density at radius 3 is 1.30 bits per heavy atom. The van der Waals surface area contributed by atoms with E-state index in [4.69, 9.17) is 0 Å². The van der Waals surface area contributed by atoms with Crippen LogP contribution in [0.1, 0.15) is 0 Å². The molecule has 2 nitrogen and oxygen atoms in total. The summed E-state index contributed by atoms with van der Waals surface area (Å²) in [6.07, 6.45) is 0. The van der Waals surface area contributed by atoms with Crippen LogP contribution in [0.2, 0.25) is 0 Å². The maximum absolute atomic E-state index is 2.89. The first kappa shape index (κ1) is 31.0. The first-order valence-electron chi connectivity index (χ1n) is 19.9. The molecule has 0 amide bonds. The molecule has 13 rings (SSSR count). The number of nitrogens with zero attached hydrogens (tertiary/aromatic N) is 2. The summed E-state index contributed by atoms with van der Waals surface area (Å²) in [6, 6.07) is 78.0. The highest BCUT2D eigenvalue weighted by molar-refractivity contribution is 7.23. The average molecular weight is 739 g/mol. The lowest BCUT2D eigenvalue weighted by Gasteiger charge is -2.36.